The normalized spacial score (nSPS) is 16.9. The SMILES string of the molecule is Oc1cccc(-c2cn[nH]c2C2CCNCC2)c1. The second-order valence-electron chi connectivity index (χ2n) is 4.77. The molecule has 94 valence electrons. The Balaban J connectivity index is 1.95. The van der Waals surface area contributed by atoms with Crippen molar-refractivity contribution in [3.63, 3.8) is 0 Å². The third-order valence-electron chi connectivity index (χ3n) is 3.57. The number of aromatic nitrogens is 2. The number of nitrogens with zero attached hydrogens (tertiary/aromatic N) is 1. The first-order valence-electron chi connectivity index (χ1n) is 6.38. The summed E-state index contributed by atoms with van der Waals surface area (Å²) in [6.45, 7) is 2.12. The zero-order valence-electron chi connectivity index (χ0n) is 10.2. The van der Waals surface area contributed by atoms with Crippen molar-refractivity contribution >= 4 is 0 Å². The van der Waals surface area contributed by atoms with Crippen LogP contribution in [0.5, 0.6) is 5.75 Å². The van der Waals surface area contributed by atoms with E-state index < -0.39 is 0 Å². The van der Waals surface area contributed by atoms with Gasteiger partial charge in [-0.05, 0) is 43.6 Å². The minimum Gasteiger partial charge on any atom is -0.508 e. The fraction of sp³-hybridized carbons (Fsp3) is 0.357. The number of H-pyrrole nitrogens is 1. The van der Waals surface area contributed by atoms with Crippen LogP contribution in [0.3, 0.4) is 0 Å². The number of aromatic amines is 1. The molecule has 0 unspecified atom stereocenters. The number of nitrogens with one attached hydrogen (secondary N) is 2. The van der Waals surface area contributed by atoms with Crippen molar-refractivity contribution in [3.8, 4) is 16.9 Å². The van der Waals surface area contributed by atoms with Crippen molar-refractivity contribution in [1.82, 2.24) is 15.5 Å². The Labute approximate surface area is 106 Å². The van der Waals surface area contributed by atoms with Gasteiger partial charge in [0.05, 0.1) is 6.20 Å². The molecule has 0 aliphatic carbocycles. The highest BCUT2D eigenvalue weighted by Gasteiger charge is 2.20. The molecule has 1 aliphatic heterocycles. The van der Waals surface area contributed by atoms with Crippen molar-refractivity contribution in [2.45, 2.75) is 18.8 Å². The van der Waals surface area contributed by atoms with Crippen molar-refractivity contribution in [2.24, 2.45) is 0 Å². The number of piperidine rings is 1. The predicted molar refractivity (Wildman–Crippen MR) is 70.5 cm³/mol. The van der Waals surface area contributed by atoms with Crippen LogP contribution in [0.1, 0.15) is 24.5 Å². The number of aromatic hydroxyl groups is 1. The maximum absolute atomic E-state index is 9.57. The van der Waals surface area contributed by atoms with Crippen LogP contribution < -0.4 is 5.32 Å². The molecule has 0 atom stereocenters. The summed E-state index contributed by atoms with van der Waals surface area (Å²) < 4.78 is 0. The van der Waals surface area contributed by atoms with E-state index in [-0.39, 0.29) is 0 Å². The van der Waals surface area contributed by atoms with E-state index in [0.29, 0.717) is 11.7 Å². The molecule has 18 heavy (non-hydrogen) atoms. The largest absolute Gasteiger partial charge is 0.508 e. The van der Waals surface area contributed by atoms with E-state index in [1.54, 1.807) is 12.1 Å². The molecule has 1 saturated heterocycles. The van der Waals surface area contributed by atoms with Crippen LogP contribution in [-0.4, -0.2) is 28.4 Å². The van der Waals surface area contributed by atoms with Gasteiger partial charge >= 0.3 is 0 Å². The van der Waals surface area contributed by atoms with Gasteiger partial charge in [0, 0.05) is 17.2 Å². The quantitative estimate of drug-likeness (QED) is 0.758. The van der Waals surface area contributed by atoms with Crippen molar-refractivity contribution in [1.29, 1.82) is 0 Å². The summed E-state index contributed by atoms with van der Waals surface area (Å²) in [7, 11) is 0. The third kappa shape index (κ3) is 2.11. The number of benzene rings is 1. The first kappa shape index (κ1) is 11.3. The number of phenols is 1. The van der Waals surface area contributed by atoms with Gasteiger partial charge in [-0.25, -0.2) is 0 Å². The lowest BCUT2D eigenvalue weighted by Crippen LogP contribution is -2.27. The Bertz CT molecular complexity index is 529. The Morgan fingerprint density at radius 2 is 2.06 bits per heavy atom. The van der Waals surface area contributed by atoms with Gasteiger partial charge in [0.1, 0.15) is 5.75 Å². The molecule has 4 nitrogen and oxygen atoms in total. The molecule has 1 aliphatic rings. The average Bonchev–Trinajstić information content (AvgIpc) is 2.89. The van der Waals surface area contributed by atoms with Gasteiger partial charge in [-0.3, -0.25) is 5.10 Å². The first-order chi connectivity index (χ1) is 8.84. The van der Waals surface area contributed by atoms with E-state index in [4.69, 9.17) is 0 Å². The molecule has 2 aromatic rings. The zero-order chi connectivity index (χ0) is 12.4. The van der Waals surface area contributed by atoms with E-state index in [9.17, 15) is 5.11 Å². The van der Waals surface area contributed by atoms with E-state index in [0.717, 1.165) is 37.1 Å². The molecule has 0 saturated carbocycles. The summed E-state index contributed by atoms with van der Waals surface area (Å²) >= 11 is 0. The molecular weight excluding hydrogens is 226 g/mol. The number of rotatable bonds is 2. The molecule has 0 radical (unpaired) electrons. The highest BCUT2D eigenvalue weighted by atomic mass is 16.3. The Morgan fingerprint density at radius 1 is 1.22 bits per heavy atom. The predicted octanol–water partition coefficient (Wildman–Crippen LogP) is 2.25. The maximum Gasteiger partial charge on any atom is 0.116 e. The molecule has 0 spiro atoms. The third-order valence-corrected chi connectivity index (χ3v) is 3.57. The molecule has 3 N–H and O–H groups in total. The van der Waals surface area contributed by atoms with Gasteiger partial charge in [0.2, 0.25) is 0 Å². The lowest BCUT2D eigenvalue weighted by molar-refractivity contribution is 0.453. The van der Waals surface area contributed by atoms with Gasteiger partial charge in [0.25, 0.3) is 0 Å². The molecule has 1 aromatic carbocycles. The summed E-state index contributed by atoms with van der Waals surface area (Å²) in [5.41, 5.74) is 3.33. The molecule has 3 rings (SSSR count). The van der Waals surface area contributed by atoms with Crippen LogP contribution in [0, 0.1) is 0 Å². The Morgan fingerprint density at radius 3 is 2.83 bits per heavy atom. The van der Waals surface area contributed by atoms with Gasteiger partial charge < -0.3 is 10.4 Å². The second kappa shape index (κ2) is 4.82. The lowest BCUT2D eigenvalue weighted by atomic mass is 9.90. The smallest absolute Gasteiger partial charge is 0.116 e. The summed E-state index contributed by atoms with van der Waals surface area (Å²) in [6.07, 6.45) is 4.12. The number of hydrogen-bond acceptors (Lipinski definition) is 3. The van der Waals surface area contributed by atoms with Gasteiger partial charge in [-0.15, -0.1) is 0 Å². The summed E-state index contributed by atoms with van der Waals surface area (Å²) in [5.74, 6) is 0.830. The molecule has 1 fully saturated rings. The van der Waals surface area contributed by atoms with E-state index >= 15 is 0 Å². The van der Waals surface area contributed by atoms with Crippen molar-refractivity contribution in [2.75, 3.05) is 13.1 Å². The van der Waals surface area contributed by atoms with Crippen LogP contribution in [-0.2, 0) is 0 Å². The number of hydrogen-bond donors (Lipinski definition) is 3. The zero-order valence-corrected chi connectivity index (χ0v) is 10.2. The monoisotopic (exact) mass is 243 g/mol. The van der Waals surface area contributed by atoms with Crippen LogP contribution in [0.4, 0.5) is 0 Å². The van der Waals surface area contributed by atoms with Crippen LogP contribution >= 0.6 is 0 Å². The lowest BCUT2D eigenvalue weighted by Gasteiger charge is -2.22. The second-order valence-corrected chi connectivity index (χ2v) is 4.77. The van der Waals surface area contributed by atoms with E-state index in [2.05, 4.69) is 15.5 Å². The van der Waals surface area contributed by atoms with Crippen LogP contribution in [0.15, 0.2) is 30.5 Å². The Hall–Kier alpha value is -1.81. The summed E-state index contributed by atoms with van der Waals surface area (Å²) in [4.78, 5) is 0. The van der Waals surface area contributed by atoms with Crippen molar-refractivity contribution < 1.29 is 5.11 Å². The fourth-order valence-electron chi connectivity index (χ4n) is 2.62. The Kier molecular flexibility index (Phi) is 3.02. The standard InChI is InChI=1S/C14H17N3O/c18-12-3-1-2-11(8-12)13-9-16-17-14(13)10-4-6-15-7-5-10/h1-3,8-10,15,18H,4-7H2,(H,16,17). The summed E-state index contributed by atoms with van der Waals surface area (Å²) in [6, 6.07) is 7.35. The van der Waals surface area contributed by atoms with Crippen molar-refractivity contribution in [3.05, 3.63) is 36.2 Å². The highest BCUT2D eigenvalue weighted by Crippen LogP contribution is 2.33. The minimum atomic E-state index is 0.296. The van der Waals surface area contributed by atoms with Gasteiger partial charge in [0.15, 0.2) is 0 Å². The number of phenolic OH excluding ortho intramolecular Hbond substituents is 1. The maximum atomic E-state index is 9.57. The summed E-state index contributed by atoms with van der Waals surface area (Å²) in [5, 5.41) is 20.3. The first-order valence-corrected chi connectivity index (χ1v) is 6.38. The molecule has 4 heteroatoms. The van der Waals surface area contributed by atoms with Gasteiger partial charge in [-0.2, -0.15) is 5.10 Å². The molecule has 0 amide bonds. The highest BCUT2D eigenvalue weighted by molar-refractivity contribution is 5.67. The minimum absolute atomic E-state index is 0.296. The van der Waals surface area contributed by atoms with Crippen LogP contribution in [0.2, 0.25) is 0 Å². The topological polar surface area (TPSA) is 60.9 Å². The fourth-order valence-corrected chi connectivity index (χ4v) is 2.62. The molecule has 2 heterocycles. The molecular formula is C14H17N3O. The average molecular weight is 243 g/mol. The molecule has 0 bridgehead atoms. The van der Waals surface area contributed by atoms with E-state index in [1.807, 2.05) is 18.3 Å². The molecule has 1 aromatic heterocycles. The van der Waals surface area contributed by atoms with Crippen LogP contribution in [0.25, 0.3) is 11.1 Å². The van der Waals surface area contributed by atoms with Gasteiger partial charge in [-0.1, -0.05) is 12.1 Å². The van der Waals surface area contributed by atoms with E-state index in [1.165, 1.54) is 5.69 Å².